The van der Waals surface area contributed by atoms with Gasteiger partial charge in [0.1, 0.15) is 0 Å². The van der Waals surface area contributed by atoms with Crippen LogP contribution in [0, 0.1) is 13.8 Å². The molecule has 1 aromatic carbocycles. The number of amides is 1. The standard InChI is InChI=1S/C15H16N2O3S/c1-9-6-4-5-7-11(9)14(19)17-15-16-10(2)12(21-15)8-13(18)20-3/h4-7H,8H2,1-3H3,(H,16,17,19). The van der Waals surface area contributed by atoms with Crippen LogP contribution in [0.4, 0.5) is 5.13 Å². The molecule has 2 aromatic rings. The number of carbonyl (C=O) groups excluding carboxylic acids is 2. The minimum atomic E-state index is -0.321. The Bertz CT molecular complexity index is 679. The molecule has 0 aliphatic heterocycles. The molecule has 0 spiro atoms. The topological polar surface area (TPSA) is 68.3 Å². The summed E-state index contributed by atoms with van der Waals surface area (Å²) in [5.41, 5.74) is 2.24. The molecule has 0 saturated heterocycles. The molecule has 6 heteroatoms. The second kappa shape index (κ2) is 6.49. The Morgan fingerprint density at radius 3 is 2.67 bits per heavy atom. The van der Waals surface area contributed by atoms with E-state index in [9.17, 15) is 9.59 Å². The van der Waals surface area contributed by atoms with Gasteiger partial charge < -0.3 is 4.74 Å². The van der Waals surface area contributed by atoms with Gasteiger partial charge in [0.05, 0.1) is 19.2 Å². The van der Waals surface area contributed by atoms with E-state index >= 15 is 0 Å². The quantitative estimate of drug-likeness (QED) is 0.882. The Labute approximate surface area is 127 Å². The maximum atomic E-state index is 12.2. The lowest BCUT2D eigenvalue weighted by Crippen LogP contribution is -2.12. The number of nitrogens with one attached hydrogen (secondary N) is 1. The predicted octanol–water partition coefficient (Wildman–Crippen LogP) is 2.73. The van der Waals surface area contributed by atoms with Crippen molar-refractivity contribution in [2.24, 2.45) is 0 Å². The summed E-state index contributed by atoms with van der Waals surface area (Å²) < 4.78 is 4.64. The van der Waals surface area contributed by atoms with Crippen LogP contribution in [0.3, 0.4) is 0 Å². The largest absolute Gasteiger partial charge is 0.469 e. The van der Waals surface area contributed by atoms with Crippen molar-refractivity contribution in [2.75, 3.05) is 12.4 Å². The van der Waals surface area contributed by atoms with Gasteiger partial charge in [-0.2, -0.15) is 0 Å². The summed E-state index contributed by atoms with van der Waals surface area (Å²) in [5, 5.41) is 3.25. The van der Waals surface area contributed by atoms with Crippen LogP contribution in [0.15, 0.2) is 24.3 Å². The molecule has 1 N–H and O–H groups in total. The molecule has 21 heavy (non-hydrogen) atoms. The SMILES string of the molecule is COC(=O)Cc1sc(NC(=O)c2ccccc2C)nc1C. The molecule has 1 heterocycles. The molecule has 0 bridgehead atoms. The third-order valence-electron chi connectivity index (χ3n) is 3.04. The van der Waals surface area contributed by atoms with Crippen LogP contribution < -0.4 is 5.32 Å². The summed E-state index contributed by atoms with van der Waals surface area (Å²) in [4.78, 5) is 28.6. The van der Waals surface area contributed by atoms with Crippen molar-refractivity contribution in [1.29, 1.82) is 0 Å². The van der Waals surface area contributed by atoms with Crippen molar-refractivity contribution in [1.82, 2.24) is 4.98 Å². The number of benzene rings is 1. The third-order valence-corrected chi connectivity index (χ3v) is 4.11. The summed E-state index contributed by atoms with van der Waals surface area (Å²) in [6.45, 7) is 3.68. The molecular formula is C15H16N2O3S. The highest BCUT2D eigenvalue weighted by Crippen LogP contribution is 2.24. The average molecular weight is 304 g/mol. The molecule has 1 amide bonds. The predicted molar refractivity (Wildman–Crippen MR) is 81.7 cm³/mol. The number of aryl methyl sites for hydroxylation is 2. The highest BCUT2D eigenvalue weighted by Gasteiger charge is 2.15. The number of carbonyl (C=O) groups is 2. The number of hydrogen-bond acceptors (Lipinski definition) is 5. The van der Waals surface area contributed by atoms with Crippen molar-refractivity contribution in [3.63, 3.8) is 0 Å². The first-order chi connectivity index (χ1) is 10.0. The molecule has 0 aliphatic rings. The number of hydrogen-bond donors (Lipinski definition) is 1. The van der Waals surface area contributed by atoms with Crippen molar-refractivity contribution < 1.29 is 14.3 Å². The van der Waals surface area contributed by atoms with Crippen LogP contribution in [0.2, 0.25) is 0 Å². The van der Waals surface area contributed by atoms with Gasteiger partial charge >= 0.3 is 5.97 Å². The van der Waals surface area contributed by atoms with E-state index in [1.165, 1.54) is 18.4 Å². The van der Waals surface area contributed by atoms with E-state index in [0.29, 0.717) is 10.7 Å². The molecule has 0 atom stereocenters. The van der Waals surface area contributed by atoms with Crippen LogP contribution >= 0.6 is 11.3 Å². The van der Waals surface area contributed by atoms with Crippen LogP contribution in [-0.4, -0.2) is 24.0 Å². The first kappa shape index (κ1) is 15.2. The van der Waals surface area contributed by atoms with Crippen LogP contribution in [0.25, 0.3) is 0 Å². The zero-order valence-electron chi connectivity index (χ0n) is 12.1. The maximum Gasteiger partial charge on any atom is 0.310 e. The second-order valence-corrected chi connectivity index (χ2v) is 5.63. The normalized spacial score (nSPS) is 10.2. The number of esters is 1. The van der Waals surface area contributed by atoms with Gasteiger partial charge in [-0.25, -0.2) is 4.98 Å². The molecule has 110 valence electrons. The van der Waals surface area contributed by atoms with E-state index in [1.54, 1.807) is 13.0 Å². The number of methoxy groups -OCH3 is 1. The van der Waals surface area contributed by atoms with Crippen molar-refractivity contribution in [2.45, 2.75) is 20.3 Å². The summed E-state index contributed by atoms with van der Waals surface area (Å²) in [6.07, 6.45) is 0.167. The van der Waals surface area contributed by atoms with Gasteiger partial charge in [-0.15, -0.1) is 11.3 Å². The van der Waals surface area contributed by atoms with Crippen LogP contribution in [-0.2, 0) is 16.0 Å². The van der Waals surface area contributed by atoms with Gasteiger partial charge in [-0.05, 0) is 25.5 Å². The number of nitrogens with zero attached hydrogens (tertiary/aromatic N) is 1. The summed E-state index contributed by atoms with van der Waals surface area (Å²) in [6, 6.07) is 7.34. The molecule has 5 nitrogen and oxygen atoms in total. The lowest BCUT2D eigenvalue weighted by Gasteiger charge is -2.04. The van der Waals surface area contributed by atoms with E-state index in [0.717, 1.165) is 16.1 Å². The van der Waals surface area contributed by atoms with Gasteiger partial charge in [-0.3, -0.25) is 14.9 Å². The molecule has 1 aromatic heterocycles. The smallest absolute Gasteiger partial charge is 0.310 e. The third kappa shape index (κ3) is 3.66. The zero-order valence-corrected chi connectivity index (χ0v) is 12.9. The maximum absolute atomic E-state index is 12.2. The van der Waals surface area contributed by atoms with Crippen molar-refractivity contribution >= 4 is 28.3 Å². The Morgan fingerprint density at radius 1 is 1.29 bits per heavy atom. The lowest BCUT2D eigenvalue weighted by atomic mass is 10.1. The molecule has 0 aliphatic carbocycles. The van der Waals surface area contributed by atoms with Gasteiger partial charge in [0.25, 0.3) is 5.91 Å². The molecule has 0 fully saturated rings. The Morgan fingerprint density at radius 2 is 2.00 bits per heavy atom. The van der Waals surface area contributed by atoms with Gasteiger partial charge in [0.2, 0.25) is 0 Å². The first-order valence-corrected chi connectivity index (χ1v) is 7.23. The van der Waals surface area contributed by atoms with Crippen LogP contribution in [0.5, 0.6) is 0 Å². The Hall–Kier alpha value is -2.21. The molecule has 2 rings (SSSR count). The molecule has 0 unspecified atom stereocenters. The highest BCUT2D eigenvalue weighted by atomic mass is 32.1. The van der Waals surface area contributed by atoms with E-state index in [1.807, 2.05) is 25.1 Å². The fraction of sp³-hybridized carbons (Fsp3) is 0.267. The van der Waals surface area contributed by atoms with E-state index in [2.05, 4.69) is 15.0 Å². The summed E-state index contributed by atoms with van der Waals surface area (Å²) >= 11 is 1.29. The van der Waals surface area contributed by atoms with Gasteiger partial charge in [0, 0.05) is 10.4 Å². The zero-order chi connectivity index (χ0) is 15.4. The number of ether oxygens (including phenoxy) is 1. The second-order valence-electron chi connectivity index (χ2n) is 4.55. The highest BCUT2D eigenvalue weighted by molar-refractivity contribution is 7.16. The Kier molecular flexibility index (Phi) is 4.70. The van der Waals surface area contributed by atoms with Crippen LogP contribution in [0.1, 0.15) is 26.5 Å². The molecule has 0 radical (unpaired) electrons. The van der Waals surface area contributed by atoms with Gasteiger partial charge in [-0.1, -0.05) is 18.2 Å². The fourth-order valence-corrected chi connectivity index (χ4v) is 2.78. The minimum absolute atomic E-state index is 0.167. The summed E-state index contributed by atoms with van der Waals surface area (Å²) in [5.74, 6) is -0.523. The van der Waals surface area contributed by atoms with E-state index in [4.69, 9.17) is 0 Å². The monoisotopic (exact) mass is 304 g/mol. The lowest BCUT2D eigenvalue weighted by molar-refractivity contribution is -0.139. The number of anilines is 1. The fourth-order valence-electron chi connectivity index (χ4n) is 1.84. The van der Waals surface area contributed by atoms with E-state index < -0.39 is 0 Å². The number of thiazole rings is 1. The van der Waals surface area contributed by atoms with E-state index in [-0.39, 0.29) is 18.3 Å². The number of aromatic nitrogens is 1. The minimum Gasteiger partial charge on any atom is -0.469 e. The first-order valence-electron chi connectivity index (χ1n) is 6.41. The average Bonchev–Trinajstić information content (AvgIpc) is 2.78. The number of rotatable bonds is 4. The van der Waals surface area contributed by atoms with Crippen molar-refractivity contribution in [3.05, 3.63) is 46.0 Å². The molecule has 0 saturated carbocycles. The molecular weight excluding hydrogens is 288 g/mol. The summed E-state index contributed by atoms with van der Waals surface area (Å²) in [7, 11) is 1.35. The van der Waals surface area contributed by atoms with Gasteiger partial charge in [0.15, 0.2) is 5.13 Å². The Balaban J connectivity index is 2.14. The van der Waals surface area contributed by atoms with Crippen molar-refractivity contribution in [3.8, 4) is 0 Å².